The SMILES string of the molecule is CCNC(COc1cc(CCc2cc(CO)c(CCCCCCCN)o2)ccc1O)c1cc(C(CNCC(C)O)C2CCCC2)c[nH]1. The normalized spacial score (nSPS) is 15.7. The van der Waals surface area contributed by atoms with Gasteiger partial charge in [-0.3, -0.25) is 0 Å². The van der Waals surface area contributed by atoms with Gasteiger partial charge in [-0.15, -0.1) is 0 Å². The third-order valence-electron chi connectivity index (χ3n) is 9.57. The molecule has 262 valence electrons. The summed E-state index contributed by atoms with van der Waals surface area (Å²) in [5.74, 6) is 3.40. The number of aliphatic hydroxyl groups excluding tert-OH is 2. The summed E-state index contributed by atoms with van der Waals surface area (Å²) in [5, 5.41) is 37.3. The Balaban J connectivity index is 1.34. The van der Waals surface area contributed by atoms with Gasteiger partial charge < -0.3 is 45.8 Å². The molecular formula is C38H60N4O5. The van der Waals surface area contributed by atoms with Crippen LogP contribution in [0.2, 0.25) is 0 Å². The highest BCUT2D eigenvalue weighted by atomic mass is 16.5. The Morgan fingerprint density at radius 3 is 2.55 bits per heavy atom. The number of benzene rings is 1. The first-order valence-electron chi connectivity index (χ1n) is 18.1. The van der Waals surface area contributed by atoms with Crippen molar-refractivity contribution in [1.29, 1.82) is 0 Å². The minimum absolute atomic E-state index is 0.0143. The molecule has 8 N–H and O–H groups in total. The van der Waals surface area contributed by atoms with Gasteiger partial charge in [-0.2, -0.15) is 0 Å². The summed E-state index contributed by atoms with van der Waals surface area (Å²) >= 11 is 0. The molecule has 1 fully saturated rings. The Kier molecular flexibility index (Phi) is 15.6. The Morgan fingerprint density at radius 2 is 1.81 bits per heavy atom. The van der Waals surface area contributed by atoms with Gasteiger partial charge in [0.25, 0.3) is 0 Å². The first-order chi connectivity index (χ1) is 22.9. The number of ether oxygens (including phenoxy) is 1. The number of hydrogen-bond donors (Lipinski definition) is 7. The van der Waals surface area contributed by atoms with E-state index in [0.717, 1.165) is 80.1 Å². The molecule has 47 heavy (non-hydrogen) atoms. The molecule has 2 aromatic heterocycles. The summed E-state index contributed by atoms with van der Waals surface area (Å²) in [4.78, 5) is 3.51. The standard InChI is InChI=1S/C38H60N4O5/c1-3-41-35(34-21-30(23-42-34)33(24-40-22-27(2)44)29-11-8-9-12-29)26-46-38-19-28(15-17-36(38)45)14-16-32-20-31(25-43)37(47-32)13-7-5-4-6-10-18-39/h15,17,19-21,23,27,29,33,35,40-45H,3-14,16,18,22,24-26,39H2,1-2H3. The molecule has 3 atom stereocenters. The average Bonchev–Trinajstić information content (AvgIpc) is 3.85. The van der Waals surface area contributed by atoms with Crippen LogP contribution in [0.5, 0.6) is 11.5 Å². The number of rotatable bonds is 23. The first kappa shape index (κ1) is 37.0. The Bertz CT molecular complexity index is 1300. The Morgan fingerprint density at radius 1 is 1.02 bits per heavy atom. The molecule has 1 saturated carbocycles. The fourth-order valence-electron chi connectivity index (χ4n) is 6.94. The van der Waals surface area contributed by atoms with Crippen molar-refractivity contribution in [3.63, 3.8) is 0 Å². The maximum atomic E-state index is 10.6. The van der Waals surface area contributed by atoms with Crippen LogP contribution in [0.3, 0.4) is 0 Å². The van der Waals surface area contributed by atoms with Crippen molar-refractivity contribution in [1.82, 2.24) is 15.6 Å². The maximum Gasteiger partial charge on any atom is 0.161 e. The zero-order valence-corrected chi connectivity index (χ0v) is 28.7. The maximum absolute atomic E-state index is 10.6. The molecule has 0 amide bonds. The molecule has 0 spiro atoms. The van der Waals surface area contributed by atoms with Crippen molar-refractivity contribution in [2.45, 2.75) is 116 Å². The van der Waals surface area contributed by atoms with E-state index in [4.69, 9.17) is 14.9 Å². The quantitative estimate of drug-likeness (QED) is 0.0616. The van der Waals surface area contributed by atoms with Crippen LogP contribution in [0.1, 0.15) is 117 Å². The van der Waals surface area contributed by atoms with Crippen molar-refractivity contribution in [2.24, 2.45) is 11.7 Å². The lowest BCUT2D eigenvalue weighted by Gasteiger charge is -2.24. The molecule has 0 radical (unpaired) electrons. The van der Waals surface area contributed by atoms with Crippen LogP contribution in [-0.2, 0) is 25.9 Å². The van der Waals surface area contributed by atoms with Crippen LogP contribution in [0.15, 0.2) is 40.9 Å². The molecule has 0 bridgehead atoms. The van der Waals surface area contributed by atoms with E-state index in [-0.39, 0.29) is 24.5 Å². The van der Waals surface area contributed by atoms with Gasteiger partial charge in [0.05, 0.1) is 18.8 Å². The van der Waals surface area contributed by atoms with E-state index in [2.05, 4.69) is 34.8 Å². The number of aromatic nitrogens is 1. The molecule has 0 saturated heterocycles. The number of furan rings is 1. The number of aryl methyl sites for hydroxylation is 3. The van der Waals surface area contributed by atoms with Crippen LogP contribution < -0.4 is 21.1 Å². The van der Waals surface area contributed by atoms with Gasteiger partial charge in [-0.1, -0.05) is 45.1 Å². The van der Waals surface area contributed by atoms with E-state index in [1.54, 1.807) is 6.07 Å². The smallest absolute Gasteiger partial charge is 0.161 e. The number of H-pyrrole nitrogens is 1. The average molecular weight is 653 g/mol. The fourth-order valence-corrected chi connectivity index (χ4v) is 6.94. The van der Waals surface area contributed by atoms with Gasteiger partial charge in [0.1, 0.15) is 18.1 Å². The highest BCUT2D eigenvalue weighted by Crippen LogP contribution is 2.38. The number of aliphatic hydroxyl groups is 2. The van der Waals surface area contributed by atoms with Crippen LogP contribution in [0.4, 0.5) is 0 Å². The topological polar surface area (TPSA) is 149 Å². The number of phenols is 1. The number of likely N-dealkylation sites (N-methyl/N-ethyl adjacent to an activating group) is 1. The Hall–Kier alpha value is -2.82. The monoisotopic (exact) mass is 652 g/mol. The molecular weight excluding hydrogens is 592 g/mol. The number of unbranched alkanes of at least 4 members (excludes halogenated alkanes) is 4. The van der Waals surface area contributed by atoms with Crippen molar-refractivity contribution >= 4 is 0 Å². The van der Waals surface area contributed by atoms with Crippen LogP contribution in [0.25, 0.3) is 0 Å². The van der Waals surface area contributed by atoms with Crippen molar-refractivity contribution in [3.8, 4) is 11.5 Å². The molecule has 2 heterocycles. The second-order valence-electron chi connectivity index (χ2n) is 13.4. The van der Waals surface area contributed by atoms with E-state index < -0.39 is 0 Å². The summed E-state index contributed by atoms with van der Waals surface area (Å²) in [6, 6.07) is 9.72. The van der Waals surface area contributed by atoms with Crippen LogP contribution >= 0.6 is 0 Å². The number of aromatic hydroxyl groups is 1. The molecule has 0 aliphatic heterocycles. The van der Waals surface area contributed by atoms with Crippen molar-refractivity contribution in [2.75, 3.05) is 32.8 Å². The van der Waals surface area contributed by atoms with Gasteiger partial charge in [-0.25, -0.2) is 0 Å². The van der Waals surface area contributed by atoms with E-state index in [0.29, 0.717) is 37.2 Å². The number of hydrogen-bond acceptors (Lipinski definition) is 8. The van der Waals surface area contributed by atoms with Gasteiger partial charge in [0.15, 0.2) is 11.5 Å². The number of nitrogens with two attached hydrogens (primary N) is 1. The highest BCUT2D eigenvalue weighted by Gasteiger charge is 2.28. The lowest BCUT2D eigenvalue weighted by Crippen LogP contribution is -2.31. The lowest BCUT2D eigenvalue weighted by atomic mass is 9.85. The van der Waals surface area contributed by atoms with Crippen molar-refractivity contribution in [3.05, 3.63) is 70.4 Å². The zero-order valence-electron chi connectivity index (χ0n) is 28.7. The molecule has 3 aromatic rings. The summed E-state index contributed by atoms with van der Waals surface area (Å²) in [6.07, 6.45) is 14.7. The van der Waals surface area contributed by atoms with Crippen LogP contribution in [0, 0.1) is 5.92 Å². The van der Waals surface area contributed by atoms with E-state index in [9.17, 15) is 15.3 Å². The minimum Gasteiger partial charge on any atom is -0.504 e. The zero-order chi connectivity index (χ0) is 33.4. The largest absolute Gasteiger partial charge is 0.504 e. The summed E-state index contributed by atoms with van der Waals surface area (Å²) < 4.78 is 12.4. The number of nitrogens with one attached hydrogen (secondary N) is 3. The number of phenolic OH excluding ortho intramolecular Hbond substituents is 1. The number of aromatic amines is 1. The molecule has 9 nitrogen and oxygen atoms in total. The lowest BCUT2D eigenvalue weighted by molar-refractivity contribution is 0.189. The summed E-state index contributed by atoms with van der Waals surface area (Å²) in [6.45, 7) is 7.24. The third-order valence-corrected chi connectivity index (χ3v) is 9.57. The molecule has 4 rings (SSSR count). The van der Waals surface area contributed by atoms with Gasteiger partial charge >= 0.3 is 0 Å². The van der Waals surface area contributed by atoms with Crippen molar-refractivity contribution < 1.29 is 24.5 Å². The van der Waals surface area contributed by atoms with Gasteiger partial charge in [-0.05, 0) is 93.4 Å². The van der Waals surface area contributed by atoms with Gasteiger partial charge in [0.2, 0.25) is 0 Å². The summed E-state index contributed by atoms with van der Waals surface area (Å²) in [7, 11) is 0. The summed E-state index contributed by atoms with van der Waals surface area (Å²) in [5.41, 5.74) is 9.88. The third kappa shape index (κ3) is 11.7. The van der Waals surface area contributed by atoms with Crippen LogP contribution in [-0.4, -0.2) is 59.2 Å². The highest BCUT2D eigenvalue weighted by molar-refractivity contribution is 5.42. The molecule has 1 aliphatic carbocycles. The predicted octanol–water partition coefficient (Wildman–Crippen LogP) is 6.02. The molecule has 3 unspecified atom stereocenters. The molecule has 9 heteroatoms. The minimum atomic E-state index is -0.361. The molecule has 1 aliphatic rings. The van der Waals surface area contributed by atoms with E-state index in [1.165, 1.54) is 44.1 Å². The van der Waals surface area contributed by atoms with E-state index in [1.807, 2.05) is 25.1 Å². The first-order valence-corrected chi connectivity index (χ1v) is 18.1. The van der Waals surface area contributed by atoms with Gasteiger partial charge in [0, 0.05) is 49.3 Å². The van der Waals surface area contributed by atoms with E-state index >= 15 is 0 Å². The second kappa shape index (κ2) is 19.9. The second-order valence-corrected chi connectivity index (χ2v) is 13.4. The predicted molar refractivity (Wildman–Crippen MR) is 188 cm³/mol. The Labute approximate surface area is 281 Å². The fraction of sp³-hybridized carbons (Fsp3) is 0.632. The molecule has 1 aromatic carbocycles.